The highest BCUT2D eigenvalue weighted by Crippen LogP contribution is 2.69. The van der Waals surface area contributed by atoms with Crippen LogP contribution in [0.3, 0.4) is 0 Å². The third kappa shape index (κ3) is 2.16. The van der Waals surface area contributed by atoms with Gasteiger partial charge in [-0.25, -0.2) is 0 Å². The molecule has 5 unspecified atom stereocenters. The lowest BCUT2D eigenvalue weighted by Gasteiger charge is -2.65. The lowest BCUT2D eigenvalue weighted by molar-refractivity contribution is -0.239. The first-order chi connectivity index (χ1) is 10.3. The maximum atomic E-state index is 12.8. The van der Waals surface area contributed by atoms with Crippen molar-refractivity contribution >= 4 is 11.9 Å². The van der Waals surface area contributed by atoms with Gasteiger partial charge in [-0.3, -0.25) is 9.59 Å². The van der Waals surface area contributed by atoms with Gasteiger partial charge in [-0.2, -0.15) is 0 Å². The zero-order valence-electron chi connectivity index (χ0n) is 13.7. The van der Waals surface area contributed by atoms with Crippen molar-refractivity contribution in [2.45, 2.75) is 58.5 Å². The SMILES string of the molecule is CCOC(=O)C1C2CC3(C)CC(O)(C2)CC1(C(=O)OCC)C3. The molecule has 4 rings (SSSR count). The molecule has 124 valence electrons. The summed E-state index contributed by atoms with van der Waals surface area (Å²) in [6, 6.07) is 0. The summed E-state index contributed by atoms with van der Waals surface area (Å²) in [4.78, 5) is 25.3. The van der Waals surface area contributed by atoms with Crippen molar-refractivity contribution in [3.05, 3.63) is 0 Å². The predicted octanol–water partition coefficient (Wildman–Crippen LogP) is 2.06. The summed E-state index contributed by atoms with van der Waals surface area (Å²) in [6.45, 7) is 6.27. The van der Waals surface area contributed by atoms with Crippen LogP contribution < -0.4 is 0 Å². The first-order valence-electron chi connectivity index (χ1n) is 8.34. The minimum absolute atomic E-state index is 0.00899. The van der Waals surface area contributed by atoms with Crippen LogP contribution in [0, 0.1) is 22.7 Å². The molecule has 0 amide bonds. The first kappa shape index (κ1) is 15.8. The summed E-state index contributed by atoms with van der Waals surface area (Å²) in [5.74, 6) is -1.09. The van der Waals surface area contributed by atoms with Crippen LogP contribution in [0.25, 0.3) is 0 Å². The van der Waals surface area contributed by atoms with Gasteiger partial charge in [0.05, 0.1) is 30.1 Å². The second kappa shape index (κ2) is 4.95. The molecule has 22 heavy (non-hydrogen) atoms. The zero-order valence-corrected chi connectivity index (χ0v) is 13.7. The van der Waals surface area contributed by atoms with Gasteiger partial charge in [0.2, 0.25) is 0 Å². The Bertz CT molecular complexity index is 481. The van der Waals surface area contributed by atoms with E-state index in [-0.39, 0.29) is 29.9 Å². The quantitative estimate of drug-likeness (QED) is 0.805. The van der Waals surface area contributed by atoms with Crippen molar-refractivity contribution in [3.63, 3.8) is 0 Å². The molecule has 4 aliphatic rings. The minimum atomic E-state index is -0.912. The Morgan fingerprint density at radius 2 is 1.77 bits per heavy atom. The Labute approximate surface area is 131 Å². The van der Waals surface area contributed by atoms with Crippen LogP contribution in [-0.4, -0.2) is 35.9 Å². The van der Waals surface area contributed by atoms with Gasteiger partial charge in [0.15, 0.2) is 0 Å². The summed E-state index contributed by atoms with van der Waals surface area (Å²) < 4.78 is 10.6. The van der Waals surface area contributed by atoms with E-state index in [1.54, 1.807) is 13.8 Å². The standard InChI is InChI=1S/C17H26O5/c1-4-21-13(18)12-11-6-15(3)8-16(20,7-11)10-17(12,9-15)14(19)22-5-2/h11-12,20H,4-10H2,1-3H3. The van der Waals surface area contributed by atoms with E-state index < -0.39 is 16.9 Å². The number of carbonyl (C=O) groups excluding carboxylic acids is 2. The van der Waals surface area contributed by atoms with Crippen molar-refractivity contribution in [3.8, 4) is 0 Å². The molecular formula is C17H26O5. The maximum absolute atomic E-state index is 12.8. The van der Waals surface area contributed by atoms with Crippen LogP contribution in [0.15, 0.2) is 0 Å². The molecule has 0 radical (unpaired) electrons. The van der Waals surface area contributed by atoms with E-state index in [4.69, 9.17) is 9.47 Å². The second-order valence-electron chi connectivity index (χ2n) is 7.84. The molecule has 5 nitrogen and oxygen atoms in total. The molecule has 5 heteroatoms. The zero-order chi connectivity index (χ0) is 16.2. The Morgan fingerprint density at radius 3 is 2.36 bits per heavy atom. The van der Waals surface area contributed by atoms with Gasteiger partial charge in [0.1, 0.15) is 0 Å². The van der Waals surface area contributed by atoms with E-state index >= 15 is 0 Å². The summed E-state index contributed by atoms with van der Waals surface area (Å²) >= 11 is 0. The van der Waals surface area contributed by atoms with Crippen LogP contribution in [0.4, 0.5) is 0 Å². The summed E-state index contributed by atoms with van der Waals surface area (Å²) in [7, 11) is 0. The van der Waals surface area contributed by atoms with E-state index in [9.17, 15) is 14.7 Å². The molecule has 4 fully saturated rings. The number of aliphatic hydroxyl groups is 1. The third-order valence-corrected chi connectivity index (χ3v) is 5.83. The number of ether oxygens (including phenoxy) is 2. The van der Waals surface area contributed by atoms with Crippen LogP contribution in [0.5, 0.6) is 0 Å². The average Bonchev–Trinajstić information content (AvgIpc) is 2.35. The molecule has 5 atom stereocenters. The fourth-order valence-electron chi connectivity index (χ4n) is 5.92. The fourth-order valence-corrected chi connectivity index (χ4v) is 5.92. The number of esters is 2. The Morgan fingerprint density at radius 1 is 1.09 bits per heavy atom. The smallest absolute Gasteiger partial charge is 0.313 e. The van der Waals surface area contributed by atoms with Crippen molar-refractivity contribution < 1.29 is 24.2 Å². The first-order valence-corrected chi connectivity index (χ1v) is 8.34. The molecule has 0 aromatic carbocycles. The topological polar surface area (TPSA) is 72.8 Å². The minimum Gasteiger partial charge on any atom is -0.466 e. The van der Waals surface area contributed by atoms with Crippen LogP contribution in [0.1, 0.15) is 52.9 Å². The number of carbonyl (C=O) groups is 2. The Hall–Kier alpha value is -1.10. The van der Waals surface area contributed by atoms with E-state index in [1.807, 2.05) is 0 Å². The molecule has 0 saturated heterocycles. The molecule has 4 saturated carbocycles. The van der Waals surface area contributed by atoms with Crippen molar-refractivity contribution in [2.75, 3.05) is 13.2 Å². The van der Waals surface area contributed by atoms with Crippen LogP contribution >= 0.6 is 0 Å². The third-order valence-electron chi connectivity index (χ3n) is 5.83. The predicted molar refractivity (Wildman–Crippen MR) is 78.8 cm³/mol. The number of hydrogen-bond donors (Lipinski definition) is 1. The highest BCUT2D eigenvalue weighted by molar-refractivity contribution is 5.87. The van der Waals surface area contributed by atoms with Crippen molar-refractivity contribution in [2.24, 2.45) is 22.7 Å². The van der Waals surface area contributed by atoms with E-state index in [2.05, 4.69) is 6.92 Å². The maximum Gasteiger partial charge on any atom is 0.313 e. The Balaban J connectivity index is 2.03. The summed E-state index contributed by atoms with van der Waals surface area (Å²) in [5, 5.41) is 10.9. The molecule has 0 aromatic heterocycles. The number of hydrogen-bond acceptors (Lipinski definition) is 5. The van der Waals surface area contributed by atoms with Gasteiger partial charge in [-0.15, -0.1) is 0 Å². The van der Waals surface area contributed by atoms with Crippen molar-refractivity contribution in [1.82, 2.24) is 0 Å². The molecule has 0 heterocycles. The van der Waals surface area contributed by atoms with E-state index in [0.29, 0.717) is 32.3 Å². The molecule has 1 N–H and O–H groups in total. The van der Waals surface area contributed by atoms with Gasteiger partial charge < -0.3 is 14.6 Å². The highest BCUT2D eigenvalue weighted by atomic mass is 16.5. The lowest BCUT2D eigenvalue weighted by atomic mass is 9.39. The van der Waals surface area contributed by atoms with Gasteiger partial charge in [-0.05, 0) is 57.3 Å². The Kier molecular flexibility index (Phi) is 3.55. The van der Waals surface area contributed by atoms with Gasteiger partial charge in [-0.1, -0.05) is 6.92 Å². The molecule has 0 spiro atoms. The van der Waals surface area contributed by atoms with Gasteiger partial charge in [0, 0.05) is 0 Å². The van der Waals surface area contributed by atoms with Crippen LogP contribution in [0.2, 0.25) is 0 Å². The molecular weight excluding hydrogens is 284 g/mol. The number of rotatable bonds is 4. The van der Waals surface area contributed by atoms with Crippen LogP contribution in [-0.2, 0) is 19.1 Å². The largest absolute Gasteiger partial charge is 0.466 e. The molecule has 4 aliphatic carbocycles. The summed E-state index contributed by atoms with van der Waals surface area (Å²) in [6.07, 6.45) is 3.12. The van der Waals surface area contributed by atoms with E-state index in [1.165, 1.54) is 0 Å². The van der Waals surface area contributed by atoms with Crippen molar-refractivity contribution in [1.29, 1.82) is 0 Å². The summed E-state index contributed by atoms with van der Waals surface area (Å²) in [5.41, 5.74) is -1.84. The average molecular weight is 310 g/mol. The molecule has 4 bridgehead atoms. The molecule has 0 aromatic rings. The normalized spacial score (nSPS) is 45.6. The lowest BCUT2D eigenvalue weighted by Crippen LogP contribution is -2.67. The molecule has 0 aliphatic heterocycles. The highest BCUT2D eigenvalue weighted by Gasteiger charge is 2.71. The second-order valence-corrected chi connectivity index (χ2v) is 7.84. The monoisotopic (exact) mass is 310 g/mol. The van der Waals surface area contributed by atoms with E-state index in [0.717, 1.165) is 6.42 Å². The van der Waals surface area contributed by atoms with Gasteiger partial charge in [0.25, 0.3) is 0 Å². The van der Waals surface area contributed by atoms with Gasteiger partial charge >= 0.3 is 11.9 Å². The fraction of sp³-hybridized carbons (Fsp3) is 0.882.